The quantitative estimate of drug-likeness (QED) is 0.839. The maximum Gasteiger partial charge on any atom is 0.222 e. The topological polar surface area (TPSA) is 49.6 Å². The van der Waals surface area contributed by atoms with Crippen molar-refractivity contribution >= 4 is 5.91 Å². The van der Waals surface area contributed by atoms with E-state index in [0.717, 1.165) is 62.9 Å². The molecule has 22 heavy (non-hydrogen) atoms. The van der Waals surface area contributed by atoms with E-state index in [1.807, 2.05) is 17.9 Å². The van der Waals surface area contributed by atoms with Gasteiger partial charge in [0.05, 0.1) is 5.69 Å². The SMILES string of the molecule is Cc1cc(CN2CCN(C(=O)CCC3CCCC3)CC2)no1. The third-order valence-corrected chi connectivity index (χ3v) is 5.03. The predicted octanol–water partition coefficient (Wildman–Crippen LogP) is 2.60. The van der Waals surface area contributed by atoms with Crippen molar-refractivity contribution in [3.05, 3.63) is 17.5 Å². The molecule has 0 unspecified atom stereocenters. The summed E-state index contributed by atoms with van der Waals surface area (Å²) in [7, 11) is 0. The van der Waals surface area contributed by atoms with Crippen LogP contribution in [0.1, 0.15) is 50.0 Å². The molecule has 1 saturated heterocycles. The molecule has 2 aliphatic rings. The van der Waals surface area contributed by atoms with Crippen LogP contribution >= 0.6 is 0 Å². The van der Waals surface area contributed by atoms with Gasteiger partial charge in [-0.15, -0.1) is 0 Å². The number of nitrogens with zero attached hydrogens (tertiary/aromatic N) is 3. The van der Waals surface area contributed by atoms with Crippen LogP contribution in [0, 0.1) is 12.8 Å². The Bertz CT molecular complexity index is 486. The number of aryl methyl sites for hydroxylation is 1. The van der Waals surface area contributed by atoms with E-state index in [1.54, 1.807) is 0 Å². The number of rotatable bonds is 5. The average Bonchev–Trinajstić information content (AvgIpc) is 3.17. The fourth-order valence-corrected chi connectivity index (χ4v) is 3.66. The maximum atomic E-state index is 12.3. The van der Waals surface area contributed by atoms with Gasteiger partial charge >= 0.3 is 0 Å². The maximum absolute atomic E-state index is 12.3. The zero-order valence-electron chi connectivity index (χ0n) is 13.6. The Morgan fingerprint density at radius 1 is 1.27 bits per heavy atom. The summed E-state index contributed by atoms with van der Waals surface area (Å²) in [4.78, 5) is 16.7. The van der Waals surface area contributed by atoms with Crippen molar-refractivity contribution in [3.8, 4) is 0 Å². The third-order valence-electron chi connectivity index (χ3n) is 5.03. The number of carbonyl (C=O) groups excluding carboxylic acids is 1. The van der Waals surface area contributed by atoms with Crippen LogP contribution in [0.4, 0.5) is 0 Å². The minimum absolute atomic E-state index is 0.351. The highest BCUT2D eigenvalue weighted by Gasteiger charge is 2.23. The number of carbonyl (C=O) groups is 1. The van der Waals surface area contributed by atoms with Crippen molar-refractivity contribution in [1.29, 1.82) is 0 Å². The Morgan fingerprint density at radius 2 is 2.00 bits per heavy atom. The molecule has 2 heterocycles. The standard InChI is InChI=1S/C17H27N3O2/c1-14-12-16(18-22-14)13-19-8-10-20(11-9-19)17(21)7-6-15-4-2-3-5-15/h12,15H,2-11,13H2,1H3. The van der Waals surface area contributed by atoms with Gasteiger partial charge in [0.1, 0.15) is 5.76 Å². The largest absolute Gasteiger partial charge is 0.361 e. The molecule has 1 aliphatic carbocycles. The van der Waals surface area contributed by atoms with Gasteiger partial charge in [0.25, 0.3) is 0 Å². The molecule has 1 aromatic heterocycles. The van der Waals surface area contributed by atoms with Crippen LogP contribution in [0.3, 0.4) is 0 Å². The van der Waals surface area contributed by atoms with Gasteiger partial charge in [0.15, 0.2) is 0 Å². The van der Waals surface area contributed by atoms with Crippen molar-refractivity contribution in [1.82, 2.24) is 15.0 Å². The molecule has 0 bridgehead atoms. The molecule has 2 fully saturated rings. The summed E-state index contributed by atoms with van der Waals surface area (Å²) in [6.07, 6.45) is 7.22. The van der Waals surface area contributed by atoms with Gasteiger partial charge in [-0.2, -0.15) is 0 Å². The van der Waals surface area contributed by atoms with Gasteiger partial charge in [0.2, 0.25) is 5.91 Å². The molecule has 5 nitrogen and oxygen atoms in total. The Morgan fingerprint density at radius 3 is 2.64 bits per heavy atom. The van der Waals surface area contributed by atoms with E-state index in [4.69, 9.17) is 4.52 Å². The van der Waals surface area contributed by atoms with Crippen molar-refractivity contribution in [2.75, 3.05) is 26.2 Å². The van der Waals surface area contributed by atoms with Gasteiger partial charge < -0.3 is 9.42 Å². The number of hydrogen-bond donors (Lipinski definition) is 0. The fraction of sp³-hybridized carbons (Fsp3) is 0.765. The van der Waals surface area contributed by atoms with Crippen LogP contribution < -0.4 is 0 Å². The molecule has 122 valence electrons. The lowest BCUT2D eigenvalue weighted by Gasteiger charge is -2.34. The predicted molar refractivity (Wildman–Crippen MR) is 84.3 cm³/mol. The minimum Gasteiger partial charge on any atom is -0.361 e. The lowest BCUT2D eigenvalue weighted by Crippen LogP contribution is -2.48. The molecule has 0 spiro atoms. The second-order valence-corrected chi connectivity index (χ2v) is 6.77. The van der Waals surface area contributed by atoms with Crippen LogP contribution in [0.25, 0.3) is 0 Å². The summed E-state index contributed by atoms with van der Waals surface area (Å²) in [5.41, 5.74) is 0.985. The molecule has 0 N–H and O–H groups in total. The van der Waals surface area contributed by atoms with E-state index in [9.17, 15) is 4.79 Å². The van der Waals surface area contributed by atoms with Crippen LogP contribution in [0.5, 0.6) is 0 Å². The van der Waals surface area contributed by atoms with E-state index >= 15 is 0 Å². The van der Waals surface area contributed by atoms with Gasteiger partial charge in [0, 0.05) is 45.2 Å². The van der Waals surface area contributed by atoms with Crippen molar-refractivity contribution in [3.63, 3.8) is 0 Å². The number of aromatic nitrogens is 1. The molecule has 5 heteroatoms. The van der Waals surface area contributed by atoms with Gasteiger partial charge in [-0.25, -0.2) is 0 Å². The second kappa shape index (κ2) is 7.27. The first-order valence-electron chi connectivity index (χ1n) is 8.63. The Kier molecular flexibility index (Phi) is 5.13. The smallest absolute Gasteiger partial charge is 0.222 e. The Balaban J connectivity index is 1.38. The third kappa shape index (κ3) is 4.09. The summed E-state index contributed by atoms with van der Waals surface area (Å²) in [6.45, 7) is 6.29. The van der Waals surface area contributed by atoms with Crippen molar-refractivity contribution < 1.29 is 9.32 Å². The van der Waals surface area contributed by atoms with Gasteiger partial charge in [-0.05, 0) is 19.3 Å². The first kappa shape index (κ1) is 15.5. The van der Waals surface area contributed by atoms with Crippen LogP contribution in [-0.2, 0) is 11.3 Å². The second-order valence-electron chi connectivity index (χ2n) is 6.77. The zero-order chi connectivity index (χ0) is 15.4. The fourth-order valence-electron chi connectivity index (χ4n) is 3.66. The average molecular weight is 305 g/mol. The van der Waals surface area contributed by atoms with Crippen molar-refractivity contribution in [2.24, 2.45) is 5.92 Å². The molecular weight excluding hydrogens is 278 g/mol. The van der Waals surface area contributed by atoms with Crippen molar-refractivity contribution in [2.45, 2.75) is 52.0 Å². The monoisotopic (exact) mass is 305 g/mol. The zero-order valence-corrected chi connectivity index (χ0v) is 13.6. The molecule has 3 rings (SSSR count). The Hall–Kier alpha value is -1.36. The minimum atomic E-state index is 0.351. The molecule has 0 aromatic carbocycles. The molecule has 1 amide bonds. The normalized spacial score (nSPS) is 20.7. The summed E-state index contributed by atoms with van der Waals surface area (Å²) in [6, 6.07) is 1.99. The summed E-state index contributed by atoms with van der Waals surface area (Å²) in [5, 5.41) is 4.04. The lowest BCUT2D eigenvalue weighted by atomic mass is 10.0. The number of piperazine rings is 1. The summed E-state index contributed by atoms with van der Waals surface area (Å²) in [5.74, 6) is 2.01. The highest BCUT2D eigenvalue weighted by atomic mass is 16.5. The Labute approximate surface area is 132 Å². The van der Waals surface area contributed by atoms with Gasteiger partial charge in [-0.3, -0.25) is 9.69 Å². The first-order valence-corrected chi connectivity index (χ1v) is 8.63. The van der Waals surface area contributed by atoms with E-state index in [-0.39, 0.29) is 0 Å². The first-order chi connectivity index (χ1) is 10.7. The van der Waals surface area contributed by atoms with E-state index in [2.05, 4.69) is 10.1 Å². The van der Waals surface area contributed by atoms with E-state index < -0.39 is 0 Å². The van der Waals surface area contributed by atoms with Crippen LogP contribution in [0.15, 0.2) is 10.6 Å². The summed E-state index contributed by atoms with van der Waals surface area (Å²) < 4.78 is 5.10. The van der Waals surface area contributed by atoms with Gasteiger partial charge in [-0.1, -0.05) is 30.8 Å². The van der Waals surface area contributed by atoms with E-state index in [0.29, 0.717) is 5.91 Å². The molecule has 1 saturated carbocycles. The molecule has 1 aromatic rings. The lowest BCUT2D eigenvalue weighted by molar-refractivity contribution is -0.133. The number of hydrogen-bond acceptors (Lipinski definition) is 4. The van der Waals surface area contributed by atoms with Crippen LogP contribution in [-0.4, -0.2) is 47.0 Å². The molecule has 1 aliphatic heterocycles. The van der Waals surface area contributed by atoms with Crippen LogP contribution in [0.2, 0.25) is 0 Å². The highest BCUT2D eigenvalue weighted by Crippen LogP contribution is 2.28. The summed E-state index contributed by atoms with van der Waals surface area (Å²) >= 11 is 0. The van der Waals surface area contributed by atoms with E-state index in [1.165, 1.54) is 25.7 Å². The number of amides is 1. The molecular formula is C17H27N3O2. The molecule has 0 atom stereocenters. The highest BCUT2D eigenvalue weighted by molar-refractivity contribution is 5.76. The molecule has 0 radical (unpaired) electrons.